The Morgan fingerprint density at radius 3 is 2.93 bits per heavy atom. The minimum Gasteiger partial charge on any atom is -0.398 e. The molecule has 1 aromatic rings. The molecule has 2 unspecified atom stereocenters. The second-order valence-electron chi connectivity index (χ2n) is 4.23. The van der Waals surface area contributed by atoms with Gasteiger partial charge >= 0.3 is 0 Å². The van der Waals surface area contributed by atoms with Crippen LogP contribution in [0.5, 0.6) is 0 Å². The standard InChI is InChI=1S/C12H17BrN2/c1-2-8-5-12(8)15-7-9-3-4-10(13)6-11(9)14/h3-4,6,8,12,15H,2,5,7,14H2,1H3. The Hall–Kier alpha value is -0.540. The largest absolute Gasteiger partial charge is 0.398 e. The fourth-order valence-electron chi connectivity index (χ4n) is 1.92. The van der Waals surface area contributed by atoms with Crippen molar-refractivity contribution in [3.8, 4) is 0 Å². The van der Waals surface area contributed by atoms with E-state index in [-0.39, 0.29) is 0 Å². The van der Waals surface area contributed by atoms with Gasteiger partial charge in [0.05, 0.1) is 0 Å². The maximum Gasteiger partial charge on any atom is 0.0370 e. The number of hydrogen-bond acceptors (Lipinski definition) is 2. The van der Waals surface area contributed by atoms with Gasteiger partial charge in [0.1, 0.15) is 0 Å². The van der Waals surface area contributed by atoms with Gasteiger partial charge in [-0.25, -0.2) is 0 Å². The van der Waals surface area contributed by atoms with Gasteiger partial charge in [-0.05, 0) is 30.0 Å². The zero-order valence-electron chi connectivity index (χ0n) is 8.96. The Bertz CT molecular complexity index is 351. The summed E-state index contributed by atoms with van der Waals surface area (Å²) in [5, 5.41) is 3.54. The third-order valence-electron chi connectivity index (χ3n) is 3.11. The van der Waals surface area contributed by atoms with Crippen molar-refractivity contribution in [2.75, 3.05) is 5.73 Å². The zero-order chi connectivity index (χ0) is 10.8. The number of nitrogen functional groups attached to an aromatic ring is 1. The maximum absolute atomic E-state index is 5.93. The van der Waals surface area contributed by atoms with E-state index >= 15 is 0 Å². The molecule has 82 valence electrons. The topological polar surface area (TPSA) is 38.0 Å². The van der Waals surface area contributed by atoms with Crippen LogP contribution in [0.25, 0.3) is 0 Å². The monoisotopic (exact) mass is 268 g/mol. The van der Waals surface area contributed by atoms with Crippen LogP contribution >= 0.6 is 15.9 Å². The fraction of sp³-hybridized carbons (Fsp3) is 0.500. The number of benzene rings is 1. The number of hydrogen-bond donors (Lipinski definition) is 2. The van der Waals surface area contributed by atoms with Crippen LogP contribution in [0.4, 0.5) is 5.69 Å². The highest BCUT2D eigenvalue weighted by Crippen LogP contribution is 2.33. The van der Waals surface area contributed by atoms with Crippen molar-refractivity contribution in [2.45, 2.75) is 32.4 Å². The molecule has 2 rings (SSSR count). The molecule has 1 aromatic carbocycles. The summed E-state index contributed by atoms with van der Waals surface area (Å²) in [4.78, 5) is 0. The molecular formula is C12H17BrN2. The highest BCUT2D eigenvalue weighted by molar-refractivity contribution is 9.10. The third kappa shape index (κ3) is 2.73. The fourth-order valence-corrected chi connectivity index (χ4v) is 2.30. The van der Waals surface area contributed by atoms with E-state index in [1.54, 1.807) is 0 Å². The molecule has 1 fully saturated rings. The Morgan fingerprint density at radius 2 is 2.33 bits per heavy atom. The van der Waals surface area contributed by atoms with Crippen LogP contribution in [0.3, 0.4) is 0 Å². The molecule has 0 saturated heterocycles. The van der Waals surface area contributed by atoms with Crippen molar-refractivity contribution in [3.63, 3.8) is 0 Å². The van der Waals surface area contributed by atoms with Crippen molar-refractivity contribution in [2.24, 2.45) is 5.92 Å². The normalized spacial score (nSPS) is 24.1. The second kappa shape index (κ2) is 4.54. The summed E-state index contributed by atoms with van der Waals surface area (Å²) in [5.41, 5.74) is 7.99. The van der Waals surface area contributed by atoms with Gasteiger partial charge in [0, 0.05) is 22.7 Å². The van der Waals surface area contributed by atoms with E-state index < -0.39 is 0 Å². The lowest BCUT2D eigenvalue weighted by Crippen LogP contribution is -2.18. The summed E-state index contributed by atoms with van der Waals surface area (Å²) in [5.74, 6) is 0.890. The van der Waals surface area contributed by atoms with Crippen molar-refractivity contribution < 1.29 is 0 Å². The molecule has 1 aliphatic carbocycles. The molecule has 0 aliphatic heterocycles. The molecule has 0 spiro atoms. The molecule has 0 radical (unpaired) electrons. The lowest BCUT2D eigenvalue weighted by atomic mass is 10.2. The van der Waals surface area contributed by atoms with E-state index in [2.05, 4.69) is 34.2 Å². The second-order valence-corrected chi connectivity index (χ2v) is 5.15. The Balaban J connectivity index is 1.88. The zero-order valence-corrected chi connectivity index (χ0v) is 10.5. The first-order chi connectivity index (χ1) is 7.20. The van der Waals surface area contributed by atoms with Crippen LogP contribution in [0.1, 0.15) is 25.3 Å². The number of rotatable bonds is 4. The van der Waals surface area contributed by atoms with E-state index in [0.717, 1.165) is 28.7 Å². The van der Waals surface area contributed by atoms with Crippen LogP contribution in [-0.4, -0.2) is 6.04 Å². The number of anilines is 1. The van der Waals surface area contributed by atoms with Crippen molar-refractivity contribution >= 4 is 21.6 Å². The molecule has 3 heteroatoms. The van der Waals surface area contributed by atoms with Gasteiger partial charge in [0.15, 0.2) is 0 Å². The lowest BCUT2D eigenvalue weighted by Gasteiger charge is -2.07. The molecule has 1 saturated carbocycles. The van der Waals surface area contributed by atoms with E-state index in [4.69, 9.17) is 5.73 Å². The van der Waals surface area contributed by atoms with E-state index in [1.165, 1.54) is 18.4 Å². The molecule has 2 atom stereocenters. The molecule has 3 N–H and O–H groups in total. The van der Waals surface area contributed by atoms with Gasteiger partial charge in [-0.3, -0.25) is 0 Å². The lowest BCUT2D eigenvalue weighted by molar-refractivity contribution is 0.624. The highest BCUT2D eigenvalue weighted by Gasteiger charge is 2.34. The molecule has 0 bridgehead atoms. The molecule has 2 nitrogen and oxygen atoms in total. The smallest absolute Gasteiger partial charge is 0.0370 e. The highest BCUT2D eigenvalue weighted by atomic mass is 79.9. The van der Waals surface area contributed by atoms with Gasteiger partial charge in [-0.15, -0.1) is 0 Å². The summed E-state index contributed by atoms with van der Waals surface area (Å²) in [6.07, 6.45) is 2.61. The van der Waals surface area contributed by atoms with Crippen LogP contribution in [0, 0.1) is 5.92 Å². The molecular weight excluding hydrogens is 252 g/mol. The summed E-state index contributed by atoms with van der Waals surface area (Å²) in [7, 11) is 0. The Labute approximate surface area is 99.4 Å². The van der Waals surface area contributed by atoms with Gasteiger partial charge in [0.25, 0.3) is 0 Å². The minimum atomic E-state index is 0.720. The van der Waals surface area contributed by atoms with Gasteiger partial charge in [-0.1, -0.05) is 35.3 Å². The molecule has 0 amide bonds. The first-order valence-corrected chi connectivity index (χ1v) is 6.27. The van der Waals surface area contributed by atoms with E-state index in [0.29, 0.717) is 0 Å². The van der Waals surface area contributed by atoms with E-state index in [1.807, 2.05) is 12.1 Å². The SMILES string of the molecule is CCC1CC1NCc1ccc(Br)cc1N. The minimum absolute atomic E-state index is 0.720. The molecule has 0 heterocycles. The Kier molecular flexibility index (Phi) is 3.32. The first-order valence-electron chi connectivity index (χ1n) is 5.48. The van der Waals surface area contributed by atoms with Crippen molar-refractivity contribution in [1.29, 1.82) is 0 Å². The molecule has 0 aromatic heterocycles. The van der Waals surface area contributed by atoms with Gasteiger partial charge in [0.2, 0.25) is 0 Å². The molecule has 15 heavy (non-hydrogen) atoms. The van der Waals surface area contributed by atoms with Crippen LogP contribution < -0.4 is 11.1 Å². The van der Waals surface area contributed by atoms with Crippen LogP contribution in [0.15, 0.2) is 22.7 Å². The number of halogens is 1. The average molecular weight is 269 g/mol. The Morgan fingerprint density at radius 1 is 1.53 bits per heavy atom. The summed E-state index contributed by atoms with van der Waals surface area (Å²) in [6, 6.07) is 6.80. The summed E-state index contributed by atoms with van der Waals surface area (Å²) in [6.45, 7) is 3.14. The van der Waals surface area contributed by atoms with Crippen molar-refractivity contribution in [1.82, 2.24) is 5.32 Å². The van der Waals surface area contributed by atoms with Crippen LogP contribution in [0.2, 0.25) is 0 Å². The van der Waals surface area contributed by atoms with E-state index in [9.17, 15) is 0 Å². The predicted octanol–water partition coefficient (Wildman–Crippen LogP) is 2.92. The average Bonchev–Trinajstić information content (AvgIpc) is 2.95. The predicted molar refractivity (Wildman–Crippen MR) is 67.6 cm³/mol. The van der Waals surface area contributed by atoms with Gasteiger partial charge in [-0.2, -0.15) is 0 Å². The molecule has 1 aliphatic rings. The third-order valence-corrected chi connectivity index (χ3v) is 3.60. The van der Waals surface area contributed by atoms with Gasteiger partial charge < -0.3 is 11.1 Å². The number of nitrogens with one attached hydrogen (secondary N) is 1. The quantitative estimate of drug-likeness (QED) is 0.825. The maximum atomic E-state index is 5.93. The number of nitrogens with two attached hydrogens (primary N) is 1. The van der Waals surface area contributed by atoms with Crippen molar-refractivity contribution in [3.05, 3.63) is 28.2 Å². The van der Waals surface area contributed by atoms with Crippen LogP contribution in [-0.2, 0) is 6.54 Å². The summed E-state index contributed by atoms with van der Waals surface area (Å²) < 4.78 is 1.04. The first kappa shape index (κ1) is 11.0. The summed E-state index contributed by atoms with van der Waals surface area (Å²) >= 11 is 3.41.